The molecule has 136 valence electrons. The number of esters is 1. The van der Waals surface area contributed by atoms with E-state index in [-0.39, 0.29) is 17.8 Å². The van der Waals surface area contributed by atoms with Gasteiger partial charge in [-0.25, -0.2) is 4.79 Å². The Morgan fingerprint density at radius 2 is 2.04 bits per heavy atom. The summed E-state index contributed by atoms with van der Waals surface area (Å²) in [5, 5.41) is 2.42. The van der Waals surface area contributed by atoms with Crippen LogP contribution < -0.4 is 5.32 Å². The second-order valence-electron chi connectivity index (χ2n) is 5.95. The highest BCUT2D eigenvalue weighted by Crippen LogP contribution is 2.30. The standard InChI is InChI=1S/C17H18F3NO4/c1-25-16(24)14(10-4-3-7-13(22)9-10)21-15(23)11-5-2-6-12(8-11)17(18,19)20/h2,5-6,8,10,14H,3-4,7,9H2,1H3,(H,21,23)/t10-,14-/m1/s1. The maximum atomic E-state index is 12.8. The van der Waals surface area contributed by atoms with Crippen molar-refractivity contribution in [2.24, 2.45) is 5.92 Å². The Bertz CT molecular complexity index is 672. The van der Waals surface area contributed by atoms with Crippen molar-refractivity contribution in [2.45, 2.75) is 37.9 Å². The summed E-state index contributed by atoms with van der Waals surface area (Å²) in [7, 11) is 1.15. The zero-order valence-corrected chi connectivity index (χ0v) is 13.6. The van der Waals surface area contributed by atoms with Crippen molar-refractivity contribution in [3.63, 3.8) is 0 Å². The van der Waals surface area contributed by atoms with Crippen LogP contribution in [0.15, 0.2) is 24.3 Å². The molecule has 1 aliphatic rings. The number of nitrogens with one attached hydrogen (secondary N) is 1. The number of amides is 1. The molecule has 0 aliphatic heterocycles. The second kappa shape index (κ2) is 7.67. The first kappa shape index (κ1) is 19.0. The van der Waals surface area contributed by atoms with E-state index in [2.05, 4.69) is 10.1 Å². The first-order valence-corrected chi connectivity index (χ1v) is 7.80. The van der Waals surface area contributed by atoms with Crippen molar-refractivity contribution in [3.8, 4) is 0 Å². The number of halogens is 3. The van der Waals surface area contributed by atoms with Crippen LogP contribution >= 0.6 is 0 Å². The van der Waals surface area contributed by atoms with Crippen molar-refractivity contribution in [3.05, 3.63) is 35.4 Å². The summed E-state index contributed by atoms with van der Waals surface area (Å²) in [6, 6.07) is 2.85. The predicted molar refractivity (Wildman–Crippen MR) is 81.7 cm³/mol. The maximum absolute atomic E-state index is 12.8. The van der Waals surface area contributed by atoms with Gasteiger partial charge in [-0.05, 0) is 37.0 Å². The van der Waals surface area contributed by atoms with Gasteiger partial charge in [0.1, 0.15) is 11.8 Å². The average Bonchev–Trinajstić information content (AvgIpc) is 2.58. The van der Waals surface area contributed by atoms with Crippen molar-refractivity contribution in [1.29, 1.82) is 0 Å². The van der Waals surface area contributed by atoms with Crippen LogP contribution in [0.2, 0.25) is 0 Å². The minimum atomic E-state index is -4.58. The molecule has 0 radical (unpaired) electrons. The molecule has 2 rings (SSSR count). The monoisotopic (exact) mass is 357 g/mol. The Labute approximate surface area is 142 Å². The number of ketones is 1. The molecule has 0 aromatic heterocycles. The van der Waals surface area contributed by atoms with Crippen molar-refractivity contribution < 1.29 is 32.3 Å². The van der Waals surface area contributed by atoms with E-state index in [1.54, 1.807) is 0 Å². The lowest BCUT2D eigenvalue weighted by atomic mass is 9.83. The van der Waals surface area contributed by atoms with E-state index in [0.29, 0.717) is 19.3 Å². The molecule has 1 fully saturated rings. The van der Waals surface area contributed by atoms with Crippen LogP contribution in [0.1, 0.15) is 41.6 Å². The number of carbonyl (C=O) groups excluding carboxylic acids is 3. The quantitative estimate of drug-likeness (QED) is 0.841. The molecule has 8 heteroatoms. The number of benzene rings is 1. The second-order valence-corrected chi connectivity index (χ2v) is 5.95. The first-order chi connectivity index (χ1) is 11.7. The van der Waals surface area contributed by atoms with Crippen LogP contribution in [0.5, 0.6) is 0 Å². The maximum Gasteiger partial charge on any atom is 0.416 e. The summed E-state index contributed by atoms with van der Waals surface area (Å²) in [6.07, 6.45) is -2.88. The first-order valence-electron chi connectivity index (χ1n) is 7.80. The Morgan fingerprint density at radius 3 is 2.64 bits per heavy atom. The van der Waals surface area contributed by atoms with Gasteiger partial charge in [-0.1, -0.05) is 6.07 Å². The van der Waals surface area contributed by atoms with Gasteiger partial charge in [0, 0.05) is 18.4 Å². The third-order valence-electron chi connectivity index (χ3n) is 4.19. The molecule has 1 N–H and O–H groups in total. The van der Waals surface area contributed by atoms with Crippen LogP contribution in [0.4, 0.5) is 13.2 Å². The van der Waals surface area contributed by atoms with E-state index >= 15 is 0 Å². The van der Waals surface area contributed by atoms with Gasteiger partial charge in [-0.3, -0.25) is 9.59 Å². The number of alkyl halides is 3. The lowest BCUT2D eigenvalue weighted by Gasteiger charge is -2.28. The number of methoxy groups -OCH3 is 1. The number of ether oxygens (including phenoxy) is 1. The normalized spacial score (nSPS) is 19.2. The fraction of sp³-hybridized carbons (Fsp3) is 0.471. The molecule has 1 saturated carbocycles. The molecular weight excluding hydrogens is 339 g/mol. The highest BCUT2D eigenvalue weighted by molar-refractivity contribution is 5.97. The summed E-state index contributed by atoms with van der Waals surface area (Å²) >= 11 is 0. The number of Topliss-reactive ketones (excluding diaryl/α,β-unsaturated/α-hetero) is 1. The number of hydrogen-bond donors (Lipinski definition) is 1. The molecule has 25 heavy (non-hydrogen) atoms. The minimum Gasteiger partial charge on any atom is -0.467 e. The zero-order valence-electron chi connectivity index (χ0n) is 13.6. The van der Waals surface area contributed by atoms with E-state index in [1.807, 2.05) is 0 Å². The van der Waals surface area contributed by atoms with E-state index in [0.717, 1.165) is 25.3 Å². The van der Waals surface area contributed by atoms with E-state index < -0.39 is 35.6 Å². The summed E-state index contributed by atoms with van der Waals surface area (Å²) in [6.45, 7) is 0. The molecular formula is C17H18F3NO4. The van der Waals surface area contributed by atoms with Crippen molar-refractivity contribution in [2.75, 3.05) is 7.11 Å². The number of hydrogen-bond acceptors (Lipinski definition) is 4. The lowest BCUT2D eigenvalue weighted by Crippen LogP contribution is -2.48. The van der Waals surface area contributed by atoms with E-state index in [4.69, 9.17) is 0 Å². The molecule has 0 saturated heterocycles. The Morgan fingerprint density at radius 1 is 1.32 bits per heavy atom. The largest absolute Gasteiger partial charge is 0.467 e. The van der Waals surface area contributed by atoms with Crippen LogP contribution in [0.3, 0.4) is 0 Å². The summed E-state index contributed by atoms with van der Waals surface area (Å²) in [5.41, 5.74) is -1.17. The fourth-order valence-corrected chi connectivity index (χ4v) is 2.90. The van der Waals surface area contributed by atoms with Gasteiger partial charge in [0.2, 0.25) is 0 Å². The third kappa shape index (κ3) is 4.80. The Kier molecular flexibility index (Phi) is 5.81. The van der Waals surface area contributed by atoms with E-state index in [1.165, 1.54) is 6.07 Å². The van der Waals surface area contributed by atoms with Crippen LogP contribution in [-0.2, 0) is 20.5 Å². The molecule has 1 aromatic carbocycles. The smallest absolute Gasteiger partial charge is 0.416 e. The lowest BCUT2D eigenvalue weighted by molar-refractivity contribution is -0.145. The highest BCUT2D eigenvalue weighted by atomic mass is 19.4. The fourth-order valence-electron chi connectivity index (χ4n) is 2.90. The van der Waals surface area contributed by atoms with Gasteiger partial charge in [-0.2, -0.15) is 13.2 Å². The predicted octanol–water partition coefficient (Wildman–Crippen LogP) is 2.74. The molecule has 0 heterocycles. The Hall–Kier alpha value is -2.38. The molecule has 2 atom stereocenters. The molecule has 0 spiro atoms. The van der Waals surface area contributed by atoms with Crippen LogP contribution in [0, 0.1) is 5.92 Å². The summed E-state index contributed by atoms with van der Waals surface area (Å²) in [5.74, 6) is -1.98. The van der Waals surface area contributed by atoms with E-state index in [9.17, 15) is 27.6 Å². The van der Waals surface area contributed by atoms with Gasteiger partial charge in [-0.15, -0.1) is 0 Å². The summed E-state index contributed by atoms with van der Waals surface area (Å²) in [4.78, 5) is 35.9. The Balaban J connectivity index is 2.19. The van der Waals surface area contributed by atoms with Gasteiger partial charge >= 0.3 is 12.1 Å². The van der Waals surface area contributed by atoms with Gasteiger partial charge in [0.25, 0.3) is 5.91 Å². The molecule has 5 nitrogen and oxygen atoms in total. The molecule has 1 aromatic rings. The summed E-state index contributed by atoms with van der Waals surface area (Å²) < 4.78 is 43.0. The van der Waals surface area contributed by atoms with Crippen LogP contribution in [-0.4, -0.2) is 30.8 Å². The SMILES string of the molecule is COC(=O)[C@H](NC(=O)c1cccc(C(F)(F)F)c1)[C@@H]1CCCC(=O)C1. The number of rotatable bonds is 4. The minimum absolute atomic E-state index is 0.0153. The zero-order chi connectivity index (χ0) is 18.6. The highest BCUT2D eigenvalue weighted by Gasteiger charge is 2.35. The van der Waals surface area contributed by atoms with Crippen molar-refractivity contribution >= 4 is 17.7 Å². The number of carbonyl (C=O) groups is 3. The van der Waals surface area contributed by atoms with Gasteiger partial charge in [0.15, 0.2) is 0 Å². The third-order valence-corrected chi connectivity index (χ3v) is 4.19. The van der Waals surface area contributed by atoms with Crippen LogP contribution in [0.25, 0.3) is 0 Å². The molecule has 1 amide bonds. The molecule has 0 unspecified atom stereocenters. The van der Waals surface area contributed by atoms with Gasteiger partial charge in [0.05, 0.1) is 12.7 Å². The van der Waals surface area contributed by atoms with Gasteiger partial charge < -0.3 is 10.1 Å². The average molecular weight is 357 g/mol. The topological polar surface area (TPSA) is 72.5 Å². The van der Waals surface area contributed by atoms with Crippen molar-refractivity contribution in [1.82, 2.24) is 5.32 Å². The molecule has 0 bridgehead atoms. The molecule has 1 aliphatic carbocycles.